The fourth-order valence-electron chi connectivity index (χ4n) is 1.51. The standard InChI is InChI=1S/C12H10N2O4/c1-8-4-9(15)6-10(5-8)18-12-2-3-13-7-11(12)14(16)17/h2-7,15H,1H3. The summed E-state index contributed by atoms with van der Waals surface area (Å²) in [6, 6.07) is 6.02. The van der Waals surface area contributed by atoms with Gasteiger partial charge in [0, 0.05) is 18.3 Å². The van der Waals surface area contributed by atoms with Crippen molar-refractivity contribution in [2.45, 2.75) is 6.92 Å². The molecular formula is C12H10N2O4. The molecule has 6 nitrogen and oxygen atoms in total. The predicted octanol–water partition coefficient (Wildman–Crippen LogP) is 2.80. The predicted molar refractivity (Wildman–Crippen MR) is 63.8 cm³/mol. The topological polar surface area (TPSA) is 85.5 Å². The van der Waals surface area contributed by atoms with E-state index in [4.69, 9.17) is 4.74 Å². The number of phenols is 1. The van der Waals surface area contributed by atoms with Gasteiger partial charge >= 0.3 is 5.69 Å². The van der Waals surface area contributed by atoms with Gasteiger partial charge in [-0.25, -0.2) is 0 Å². The Bertz CT molecular complexity index is 578. The first-order chi connectivity index (χ1) is 8.56. The molecule has 0 spiro atoms. The van der Waals surface area contributed by atoms with E-state index in [9.17, 15) is 15.2 Å². The third-order valence-electron chi connectivity index (χ3n) is 2.22. The van der Waals surface area contributed by atoms with Crippen LogP contribution in [-0.4, -0.2) is 15.0 Å². The summed E-state index contributed by atoms with van der Waals surface area (Å²) in [7, 11) is 0. The van der Waals surface area contributed by atoms with Gasteiger partial charge in [0.05, 0.1) is 4.92 Å². The van der Waals surface area contributed by atoms with E-state index in [0.717, 1.165) is 11.8 Å². The molecule has 0 amide bonds. The lowest BCUT2D eigenvalue weighted by Crippen LogP contribution is -1.94. The van der Waals surface area contributed by atoms with Gasteiger partial charge in [-0.05, 0) is 24.6 Å². The molecule has 0 radical (unpaired) electrons. The van der Waals surface area contributed by atoms with Gasteiger partial charge in [0.1, 0.15) is 17.7 Å². The van der Waals surface area contributed by atoms with Gasteiger partial charge in [-0.1, -0.05) is 0 Å². The highest BCUT2D eigenvalue weighted by Gasteiger charge is 2.15. The molecule has 1 aromatic carbocycles. The zero-order valence-corrected chi connectivity index (χ0v) is 9.53. The van der Waals surface area contributed by atoms with Crippen LogP contribution in [0.2, 0.25) is 0 Å². The van der Waals surface area contributed by atoms with E-state index in [0.29, 0.717) is 5.75 Å². The van der Waals surface area contributed by atoms with Crippen LogP contribution in [0.15, 0.2) is 36.7 Å². The Labute approximate surface area is 103 Å². The lowest BCUT2D eigenvalue weighted by atomic mass is 10.2. The summed E-state index contributed by atoms with van der Waals surface area (Å²) in [6.45, 7) is 1.79. The normalized spacial score (nSPS) is 10.1. The first kappa shape index (κ1) is 11.8. The van der Waals surface area contributed by atoms with Crippen LogP contribution in [0.5, 0.6) is 17.2 Å². The minimum Gasteiger partial charge on any atom is -0.508 e. The first-order valence-electron chi connectivity index (χ1n) is 5.13. The molecule has 18 heavy (non-hydrogen) atoms. The van der Waals surface area contributed by atoms with Crippen molar-refractivity contribution in [2.75, 3.05) is 0 Å². The smallest absolute Gasteiger partial charge is 0.329 e. The molecule has 0 unspecified atom stereocenters. The number of aromatic hydroxyl groups is 1. The van der Waals surface area contributed by atoms with Crippen LogP contribution in [0, 0.1) is 17.0 Å². The van der Waals surface area contributed by atoms with E-state index in [-0.39, 0.29) is 17.2 Å². The lowest BCUT2D eigenvalue weighted by molar-refractivity contribution is -0.386. The monoisotopic (exact) mass is 246 g/mol. The summed E-state index contributed by atoms with van der Waals surface area (Å²) < 4.78 is 5.39. The minimum absolute atomic E-state index is 0.0432. The van der Waals surface area contributed by atoms with Crippen molar-refractivity contribution in [3.8, 4) is 17.2 Å². The second-order valence-corrected chi connectivity index (χ2v) is 3.71. The first-order valence-corrected chi connectivity index (χ1v) is 5.13. The molecule has 2 rings (SSSR count). The van der Waals surface area contributed by atoms with Crippen LogP contribution in [-0.2, 0) is 0 Å². The summed E-state index contributed by atoms with van der Waals surface area (Å²) in [5.41, 5.74) is 0.570. The van der Waals surface area contributed by atoms with Crippen molar-refractivity contribution in [1.82, 2.24) is 4.98 Å². The van der Waals surface area contributed by atoms with Crippen LogP contribution >= 0.6 is 0 Å². The number of nitro groups is 1. The summed E-state index contributed by atoms with van der Waals surface area (Å²) in [5.74, 6) is 0.462. The zero-order chi connectivity index (χ0) is 13.1. The Hall–Kier alpha value is -2.63. The molecule has 1 aromatic heterocycles. The number of phenolic OH excluding ortho intramolecular Hbond substituents is 1. The highest BCUT2D eigenvalue weighted by atomic mass is 16.6. The number of nitrogens with zero attached hydrogens (tertiary/aromatic N) is 2. The fraction of sp³-hybridized carbons (Fsp3) is 0.0833. The van der Waals surface area contributed by atoms with Crippen molar-refractivity contribution in [1.29, 1.82) is 0 Å². The number of benzene rings is 1. The maximum Gasteiger partial charge on any atom is 0.329 e. The van der Waals surface area contributed by atoms with Gasteiger partial charge in [0.25, 0.3) is 0 Å². The Kier molecular flexibility index (Phi) is 3.09. The van der Waals surface area contributed by atoms with Crippen LogP contribution in [0.3, 0.4) is 0 Å². The molecule has 0 fully saturated rings. The summed E-state index contributed by atoms with van der Waals surface area (Å²) >= 11 is 0. The van der Waals surface area contributed by atoms with E-state index < -0.39 is 4.92 Å². The fourth-order valence-corrected chi connectivity index (χ4v) is 1.51. The third-order valence-corrected chi connectivity index (χ3v) is 2.22. The number of pyridine rings is 1. The van der Waals surface area contributed by atoms with E-state index in [1.54, 1.807) is 19.1 Å². The molecule has 2 aromatic rings. The quantitative estimate of drug-likeness (QED) is 0.664. The number of aryl methyl sites for hydroxylation is 1. The van der Waals surface area contributed by atoms with E-state index in [2.05, 4.69) is 4.98 Å². The molecule has 0 atom stereocenters. The van der Waals surface area contributed by atoms with Crippen molar-refractivity contribution in [3.63, 3.8) is 0 Å². The number of rotatable bonds is 3. The Morgan fingerprint density at radius 3 is 2.83 bits per heavy atom. The second-order valence-electron chi connectivity index (χ2n) is 3.71. The Morgan fingerprint density at radius 2 is 2.17 bits per heavy atom. The third kappa shape index (κ3) is 2.54. The molecule has 6 heteroatoms. The van der Waals surface area contributed by atoms with Crippen molar-refractivity contribution in [2.24, 2.45) is 0 Å². The van der Waals surface area contributed by atoms with Crippen molar-refractivity contribution >= 4 is 5.69 Å². The molecule has 0 aliphatic heterocycles. The highest BCUT2D eigenvalue weighted by Crippen LogP contribution is 2.31. The summed E-state index contributed by atoms with van der Waals surface area (Å²) in [5, 5.41) is 20.2. The second kappa shape index (κ2) is 4.70. The van der Waals surface area contributed by atoms with E-state index in [1.807, 2.05) is 0 Å². The molecule has 0 bridgehead atoms. The summed E-state index contributed by atoms with van der Waals surface area (Å²) in [4.78, 5) is 13.9. The molecule has 1 N–H and O–H groups in total. The largest absolute Gasteiger partial charge is 0.508 e. The van der Waals surface area contributed by atoms with Crippen LogP contribution in [0.4, 0.5) is 5.69 Å². The number of ether oxygens (including phenoxy) is 1. The Balaban J connectivity index is 2.37. The number of hydrogen-bond acceptors (Lipinski definition) is 5. The average Bonchev–Trinajstić information content (AvgIpc) is 2.27. The van der Waals surface area contributed by atoms with Crippen LogP contribution < -0.4 is 4.74 Å². The zero-order valence-electron chi connectivity index (χ0n) is 9.53. The minimum atomic E-state index is -0.571. The number of aromatic nitrogens is 1. The van der Waals surface area contributed by atoms with Crippen LogP contribution in [0.25, 0.3) is 0 Å². The maximum atomic E-state index is 10.8. The highest BCUT2D eigenvalue weighted by molar-refractivity contribution is 5.47. The SMILES string of the molecule is Cc1cc(O)cc(Oc2ccncc2[N+](=O)[O-])c1. The molecule has 1 heterocycles. The molecule has 0 saturated heterocycles. The number of hydrogen-bond donors (Lipinski definition) is 1. The average molecular weight is 246 g/mol. The van der Waals surface area contributed by atoms with Gasteiger partial charge in [0.15, 0.2) is 0 Å². The maximum absolute atomic E-state index is 10.8. The molecule has 0 aliphatic rings. The van der Waals surface area contributed by atoms with E-state index in [1.165, 1.54) is 18.3 Å². The molecule has 0 aliphatic carbocycles. The summed E-state index contributed by atoms with van der Waals surface area (Å²) in [6.07, 6.45) is 2.52. The van der Waals surface area contributed by atoms with Gasteiger partial charge in [-0.2, -0.15) is 0 Å². The van der Waals surface area contributed by atoms with Crippen molar-refractivity contribution < 1.29 is 14.8 Å². The van der Waals surface area contributed by atoms with Gasteiger partial charge in [0.2, 0.25) is 5.75 Å². The van der Waals surface area contributed by atoms with Crippen LogP contribution in [0.1, 0.15) is 5.56 Å². The molecule has 0 saturated carbocycles. The Morgan fingerprint density at radius 1 is 1.39 bits per heavy atom. The molecule has 92 valence electrons. The lowest BCUT2D eigenvalue weighted by Gasteiger charge is -2.07. The molecular weight excluding hydrogens is 236 g/mol. The van der Waals surface area contributed by atoms with Gasteiger partial charge in [-0.3, -0.25) is 15.1 Å². The van der Waals surface area contributed by atoms with Crippen molar-refractivity contribution in [3.05, 3.63) is 52.3 Å². The van der Waals surface area contributed by atoms with E-state index >= 15 is 0 Å². The van der Waals surface area contributed by atoms with Gasteiger partial charge < -0.3 is 9.84 Å². The van der Waals surface area contributed by atoms with Gasteiger partial charge in [-0.15, -0.1) is 0 Å².